The molecule has 2 rings (SSSR count). The third-order valence-electron chi connectivity index (χ3n) is 2.09. The van der Waals surface area contributed by atoms with Crippen LogP contribution in [0.3, 0.4) is 0 Å². The molecule has 2 aromatic rings. The van der Waals surface area contributed by atoms with Crippen LogP contribution in [0.1, 0.15) is 10.5 Å². The van der Waals surface area contributed by atoms with Crippen LogP contribution >= 0.6 is 0 Å². The smallest absolute Gasteiger partial charge is 0.256 e. The van der Waals surface area contributed by atoms with Gasteiger partial charge >= 0.3 is 0 Å². The molecule has 1 aromatic carbocycles. The predicted octanol–water partition coefficient (Wildman–Crippen LogP) is 0.752. The summed E-state index contributed by atoms with van der Waals surface area (Å²) in [6.45, 7) is 0. The Morgan fingerprint density at radius 3 is 2.47 bits per heavy atom. The number of aromatic hydroxyl groups is 2. The van der Waals surface area contributed by atoms with Crippen LogP contribution in [0.2, 0.25) is 0 Å². The van der Waals surface area contributed by atoms with Crippen molar-refractivity contribution in [3.8, 4) is 11.5 Å². The summed E-state index contributed by atoms with van der Waals surface area (Å²) in [6, 6.07) is 3.80. The molecule has 1 aromatic heterocycles. The molecule has 0 aliphatic heterocycles. The number of nitrogens with one attached hydrogen (secondary N) is 1. The first-order chi connectivity index (χ1) is 7.11. The van der Waals surface area contributed by atoms with E-state index in [-0.39, 0.29) is 22.6 Å². The number of phenols is 2. The van der Waals surface area contributed by atoms with E-state index in [2.05, 4.69) is 4.98 Å². The second-order valence-corrected chi connectivity index (χ2v) is 3.10. The zero-order valence-electron chi connectivity index (χ0n) is 7.52. The number of carbonyl (C=O) groups is 1. The van der Waals surface area contributed by atoms with Crippen molar-refractivity contribution in [3.05, 3.63) is 34.2 Å². The molecule has 15 heavy (non-hydrogen) atoms. The van der Waals surface area contributed by atoms with Crippen molar-refractivity contribution in [3.63, 3.8) is 0 Å². The number of hydrogen-bond acceptors (Lipinski definition) is 4. The standard InChI is InChI=1S/C10H7NO4/c12-4-6-1-5-2-8(13)9(14)3-7(5)10(15)11-6/h1-4,13-14H,(H,11,15). The van der Waals surface area contributed by atoms with Crippen LogP contribution in [0.15, 0.2) is 23.0 Å². The van der Waals surface area contributed by atoms with E-state index in [0.717, 1.165) is 6.07 Å². The van der Waals surface area contributed by atoms with Gasteiger partial charge in [-0.1, -0.05) is 0 Å². The zero-order valence-corrected chi connectivity index (χ0v) is 7.52. The first-order valence-corrected chi connectivity index (χ1v) is 4.16. The number of aldehydes is 1. The highest BCUT2D eigenvalue weighted by molar-refractivity contribution is 5.88. The van der Waals surface area contributed by atoms with Gasteiger partial charge in [-0.3, -0.25) is 9.59 Å². The number of phenolic OH excluding ortho intramolecular Hbond substituents is 2. The van der Waals surface area contributed by atoms with Crippen LogP contribution in [-0.2, 0) is 0 Å². The highest BCUT2D eigenvalue weighted by Gasteiger charge is 2.06. The average molecular weight is 205 g/mol. The van der Waals surface area contributed by atoms with Gasteiger partial charge in [0.05, 0.1) is 11.1 Å². The fraction of sp³-hybridized carbons (Fsp3) is 0. The molecule has 5 heteroatoms. The number of aromatic nitrogens is 1. The fourth-order valence-corrected chi connectivity index (χ4v) is 1.37. The second kappa shape index (κ2) is 3.13. The summed E-state index contributed by atoms with van der Waals surface area (Å²) < 4.78 is 0. The summed E-state index contributed by atoms with van der Waals surface area (Å²) in [7, 11) is 0. The van der Waals surface area contributed by atoms with E-state index in [4.69, 9.17) is 0 Å². The number of fused-ring (bicyclic) bond motifs is 1. The Hall–Kier alpha value is -2.30. The molecule has 0 aliphatic rings. The second-order valence-electron chi connectivity index (χ2n) is 3.10. The molecule has 0 unspecified atom stereocenters. The van der Waals surface area contributed by atoms with Crippen LogP contribution in [0.25, 0.3) is 10.8 Å². The van der Waals surface area contributed by atoms with Crippen molar-refractivity contribution < 1.29 is 15.0 Å². The predicted molar refractivity (Wildman–Crippen MR) is 53.3 cm³/mol. The maximum atomic E-state index is 11.4. The van der Waals surface area contributed by atoms with E-state index >= 15 is 0 Å². The fourth-order valence-electron chi connectivity index (χ4n) is 1.37. The monoisotopic (exact) mass is 205 g/mol. The van der Waals surface area contributed by atoms with Gasteiger partial charge in [-0.25, -0.2) is 0 Å². The molecule has 0 saturated heterocycles. The molecule has 0 bridgehead atoms. The quantitative estimate of drug-likeness (QED) is 0.473. The Morgan fingerprint density at radius 2 is 1.80 bits per heavy atom. The largest absolute Gasteiger partial charge is 0.504 e. The summed E-state index contributed by atoms with van der Waals surface area (Å²) in [5, 5.41) is 19.0. The number of pyridine rings is 1. The summed E-state index contributed by atoms with van der Waals surface area (Å²) in [4.78, 5) is 24.2. The lowest BCUT2D eigenvalue weighted by molar-refractivity contribution is 0.111. The van der Waals surface area contributed by atoms with E-state index in [0.29, 0.717) is 11.7 Å². The number of carbonyl (C=O) groups excluding carboxylic acids is 1. The number of H-pyrrole nitrogens is 1. The number of benzene rings is 1. The molecular weight excluding hydrogens is 198 g/mol. The molecule has 76 valence electrons. The van der Waals surface area contributed by atoms with E-state index in [1.807, 2.05) is 0 Å². The van der Waals surface area contributed by atoms with E-state index in [1.165, 1.54) is 12.1 Å². The normalized spacial score (nSPS) is 10.4. The Balaban J connectivity index is 2.92. The van der Waals surface area contributed by atoms with E-state index in [1.54, 1.807) is 0 Å². The summed E-state index contributed by atoms with van der Waals surface area (Å²) in [5.74, 6) is -0.697. The highest BCUT2D eigenvalue weighted by atomic mass is 16.3. The van der Waals surface area contributed by atoms with Crippen molar-refractivity contribution in [1.29, 1.82) is 0 Å². The first kappa shape index (κ1) is 9.26. The van der Waals surface area contributed by atoms with Crippen molar-refractivity contribution in [2.75, 3.05) is 0 Å². The molecular formula is C10H7NO4. The Labute approximate surface area is 83.6 Å². The van der Waals surface area contributed by atoms with Crippen LogP contribution in [-0.4, -0.2) is 21.5 Å². The number of rotatable bonds is 1. The van der Waals surface area contributed by atoms with Crippen molar-refractivity contribution in [1.82, 2.24) is 4.98 Å². The zero-order chi connectivity index (χ0) is 11.0. The molecule has 0 aliphatic carbocycles. The van der Waals surface area contributed by atoms with Gasteiger partial charge in [0.25, 0.3) is 5.56 Å². The van der Waals surface area contributed by atoms with E-state index < -0.39 is 5.56 Å². The lowest BCUT2D eigenvalue weighted by atomic mass is 10.1. The van der Waals surface area contributed by atoms with Gasteiger partial charge in [0, 0.05) is 0 Å². The third kappa shape index (κ3) is 1.43. The SMILES string of the molecule is O=Cc1cc2cc(O)c(O)cc2c(=O)[nH]1. The molecule has 1 heterocycles. The van der Waals surface area contributed by atoms with Crippen LogP contribution < -0.4 is 5.56 Å². The average Bonchev–Trinajstić information content (AvgIpc) is 2.21. The van der Waals surface area contributed by atoms with Gasteiger partial charge in [0.15, 0.2) is 17.8 Å². The minimum atomic E-state index is -0.482. The Kier molecular flexibility index (Phi) is 1.93. The lowest BCUT2D eigenvalue weighted by Crippen LogP contribution is -2.08. The maximum Gasteiger partial charge on any atom is 0.256 e. The van der Waals surface area contributed by atoms with Gasteiger partial charge in [-0.15, -0.1) is 0 Å². The summed E-state index contributed by atoms with van der Waals surface area (Å²) >= 11 is 0. The minimum Gasteiger partial charge on any atom is -0.504 e. The maximum absolute atomic E-state index is 11.4. The minimum absolute atomic E-state index is 0.123. The van der Waals surface area contributed by atoms with Gasteiger partial charge in [0.2, 0.25) is 0 Å². The van der Waals surface area contributed by atoms with Crippen LogP contribution in [0.5, 0.6) is 11.5 Å². The molecule has 0 fully saturated rings. The first-order valence-electron chi connectivity index (χ1n) is 4.16. The van der Waals surface area contributed by atoms with Gasteiger partial charge in [-0.05, 0) is 23.6 Å². The molecule has 0 atom stereocenters. The molecule has 0 saturated carbocycles. The molecule has 0 amide bonds. The van der Waals surface area contributed by atoms with Crippen LogP contribution in [0.4, 0.5) is 0 Å². The van der Waals surface area contributed by atoms with Crippen molar-refractivity contribution in [2.24, 2.45) is 0 Å². The van der Waals surface area contributed by atoms with Gasteiger partial charge in [-0.2, -0.15) is 0 Å². The Bertz CT molecular complexity index is 600. The van der Waals surface area contributed by atoms with Gasteiger partial charge in [0.1, 0.15) is 0 Å². The molecule has 0 spiro atoms. The Morgan fingerprint density at radius 1 is 1.13 bits per heavy atom. The summed E-state index contributed by atoms with van der Waals surface area (Å²) in [6.07, 6.45) is 0.505. The summed E-state index contributed by atoms with van der Waals surface area (Å²) in [5.41, 5.74) is -0.359. The van der Waals surface area contributed by atoms with Crippen molar-refractivity contribution >= 4 is 17.1 Å². The topological polar surface area (TPSA) is 90.4 Å². The molecule has 0 radical (unpaired) electrons. The number of aromatic amines is 1. The number of hydrogen-bond donors (Lipinski definition) is 3. The third-order valence-corrected chi connectivity index (χ3v) is 2.09. The molecule has 5 nitrogen and oxygen atoms in total. The van der Waals surface area contributed by atoms with Crippen LogP contribution in [0, 0.1) is 0 Å². The highest BCUT2D eigenvalue weighted by Crippen LogP contribution is 2.28. The van der Waals surface area contributed by atoms with E-state index in [9.17, 15) is 19.8 Å². The molecule has 3 N–H and O–H groups in total. The van der Waals surface area contributed by atoms with Gasteiger partial charge < -0.3 is 15.2 Å². The van der Waals surface area contributed by atoms with Crippen molar-refractivity contribution in [2.45, 2.75) is 0 Å². The lowest BCUT2D eigenvalue weighted by Gasteiger charge is -2.01.